The first-order valence-corrected chi connectivity index (χ1v) is 10.9. The minimum absolute atomic E-state index is 0.0800. The van der Waals surface area contributed by atoms with Gasteiger partial charge in [-0.15, -0.1) is 0 Å². The molecule has 2 aromatic rings. The maximum Gasteiger partial charge on any atom is 0.241 e. The van der Waals surface area contributed by atoms with Gasteiger partial charge in [0.2, 0.25) is 22.7 Å². The molecule has 1 N–H and O–H groups in total. The summed E-state index contributed by atoms with van der Waals surface area (Å²) in [4.78, 5) is 12.4. The Kier molecular flexibility index (Phi) is 6.17. The first kappa shape index (κ1) is 20.8. The van der Waals surface area contributed by atoms with Crippen LogP contribution in [0.5, 0.6) is 17.2 Å². The average Bonchev–Trinajstić information content (AvgIpc) is 3.12. The molecule has 3 rings (SSSR count). The molecule has 0 radical (unpaired) electrons. The zero-order chi connectivity index (χ0) is 21.0. The van der Waals surface area contributed by atoms with Crippen molar-refractivity contribution in [2.75, 3.05) is 30.5 Å². The fourth-order valence-electron chi connectivity index (χ4n) is 2.79. The number of aryl methyl sites for hydroxylation is 1. The van der Waals surface area contributed by atoms with E-state index in [1.165, 1.54) is 0 Å². The van der Waals surface area contributed by atoms with Crippen LogP contribution in [0.2, 0.25) is 0 Å². The molecular weight excluding hydrogens is 396 g/mol. The van der Waals surface area contributed by atoms with Crippen molar-refractivity contribution in [3.05, 3.63) is 48.0 Å². The summed E-state index contributed by atoms with van der Waals surface area (Å²) >= 11 is 0. The number of nitrogens with one attached hydrogen (secondary N) is 1. The number of carbonyl (C=O) groups excluding carboxylic acids is 1. The van der Waals surface area contributed by atoms with Gasteiger partial charge in [-0.05, 0) is 38.1 Å². The van der Waals surface area contributed by atoms with Crippen molar-refractivity contribution in [1.29, 1.82) is 0 Å². The topological polar surface area (TPSA) is 94.2 Å². The van der Waals surface area contributed by atoms with Crippen molar-refractivity contribution in [2.24, 2.45) is 0 Å². The van der Waals surface area contributed by atoms with Gasteiger partial charge in [0.05, 0.1) is 18.0 Å². The van der Waals surface area contributed by atoms with E-state index in [9.17, 15) is 13.2 Å². The Balaban J connectivity index is 1.60. The number of ether oxygens (including phenoxy) is 3. The lowest BCUT2D eigenvalue weighted by Gasteiger charge is -2.23. The highest BCUT2D eigenvalue weighted by atomic mass is 32.2. The fraction of sp³-hybridized carbons (Fsp3) is 0.350. The molecule has 9 heteroatoms. The van der Waals surface area contributed by atoms with Crippen LogP contribution in [-0.4, -0.2) is 46.6 Å². The number of benzene rings is 2. The summed E-state index contributed by atoms with van der Waals surface area (Å²) in [6.07, 6.45) is 1.05. The zero-order valence-electron chi connectivity index (χ0n) is 16.5. The van der Waals surface area contributed by atoms with Crippen LogP contribution >= 0.6 is 0 Å². The molecule has 1 aliphatic rings. The molecule has 0 fully saturated rings. The highest BCUT2D eigenvalue weighted by Crippen LogP contribution is 2.36. The smallest absolute Gasteiger partial charge is 0.241 e. The average molecular weight is 420 g/mol. The van der Waals surface area contributed by atoms with Gasteiger partial charge in [0.25, 0.3) is 0 Å². The molecule has 1 atom stereocenters. The number of hydrogen-bond donors (Lipinski definition) is 1. The Morgan fingerprint density at radius 2 is 1.86 bits per heavy atom. The van der Waals surface area contributed by atoms with E-state index in [2.05, 4.69) is 5.32 Å². The van der Waals surface area contributed by atoms with Gasteiger partial charge in [0, 0.05) is 6.07 Å². The van der Waals surface area contributed by atoms with Crippen LogP contribution in [-0.2, 0) is 14.8 Å². The third-order valence-corrected chi connectivity index (χ3v) is 5.40. The van der Waals surface area contributed by atoms with E-state index < -0.39 is 15.9 Å². The van der Waals surface area contributed by atoms with Crippen molar-refractivity contribution >= 4 is 21.6 Å². The van der Waals surface area contributed by atoms with E-state index in [0.29, 0.717) is 22.9 Å². The quantitative estimate of drug-likeness (QED) is 0.703. The maximum absolute atomic E-state index is 12.4. The number of rotatable bonds is 8. The van der Waals surface area contributed by atoms with Gasteiger partial charge in [-0.3, -0.25) is 9.10 Å². The number of nitrogens with zero attached hydrogens (tertiary/aromatic N) is 1. The van der Waals surface area contributed by atoms with Gasteiger partial charge in [-0.1, -0.05) is 17.7 Å². The Bertz CT molecular complexity index is 975. The van der Waals surface area contributed by atoms with Crippen LogP contribution in [0.1, 0.15) is 12.5 Å². The summed E-state index contributed by atoms with van der Waals surface area (Å²) < 4.78 is 41.7. The van der Waals surface area contributed by atoms with Crippen molar-refractivity contribution in [1.82, 2.24) is 5.32 Å². The molecule has 0 aromatic heterocycles. The van der Waals surface area contributed by atoms with Gasteiger partial charge in [0.1, 0.15) is 18.9 Å². The summed E-state index contributed by atoms with van der Waals surface area (Å²) in [5, 5.41) is 2.76. The molecule has 8 nitrogen and oxygen atoms in total. The van der Waals surface area contributed by atoms with Crippen molar-refractivity contribution in [3.63, 3.8) is 0 Å². The van der Waals surface area contributed by atoms with Gasteiger partial charge < -0.3 is 19.5 Å². The highest BCUT2D eigenvalue weighted by molar-refractivity contribution is 7.92. The Labute approximate surface area is 170 Å². The third kappa shape index (κ3) is 5.54. The molecule has 0 saturated carbocycles. The number of carbonyl (C=O) groups is 1. The van der Waals surface area contributed by atoms with Gasteiger partial charge in [-0.2, -0.15) is 0 Å². The van der Waals surface area contributed by atoms with Gasteiger partial charge >= 0.3 is 0 Å². The van der Waals surface area contributed by atoms with E-state index >= 15 is 0 Å². The first-order chi connectivity index (χ1) is 13.7. The van der Waals surface area contributed by atoms with E-state index in [0.717, 1.165) is 16.1 Å². The lowest BCUT2D eigenvalue weighted by atomic mass is 10.2. The minimum atomic E-state index is -3.68. The molecule has 0 saturated heterocycles. The second-order valence-corrected chi connectivity index (χ2v) is 8.81. The number of fused-ring (bicyclic) bond motifs is 1. The standard InChI is InChI=1S/C20H24N2O6S/c1-14-4-7-17(8-5-14)26-12-15(2)21-20(23)11-22(29(3,24)25)16-6-9-18-19(10-16)28-13-27-18/h4-10,15H,11-13H2,1-3H3,(H,21,23)/t15-/m0/s1. The summed E-state index contributed by atoms with van der Waals surface area (Å²) in [5.41, 5.74) is 1.46. The summed E-state index contributed by atoms with van der Waals surface area (Å²) in [5.74, 6) is 1.24. The number of sulfonamides is 1. The second-order valence-electron chi connectivity index (χ2n) is 6.90. The number of anilines is 1. The van der Waals surface area contributed by atoms with E-state index in [-0.39, 0.29) is 26.0 Å². The van der Waals surface area contributed by atoms with Crippen LogP contribution in [0.15, 0.2) is 42.5 Å². The Morgan fingerprint density at radius 1 is 1.17 bits per heavy atom. The zero-order valence-corrected chi connectivity index (χ0v) is 17.4. The van der Waals surface area contributed by atoms with Crippen LogP contribution in [0.3, 0.4) is 0 Å². The predicted octanol–water partition coefficient (Wildman–Crippen LogP) is 2.07. The van der Waals surface area contributed by atoms with Crippen LogP contribution in [0.25, 0.3) is 0 Å². The van der Waals surface area contributed by atoms with Crippen molar-refractivity contribution in [3.8, 4) is 17.2 Å². The molecule has 1 aliphatic heterocycles. The summed E-state index contributed by atoms with van der Waals surface area (Å²) in [6, 6.07) is 12.0. The second kappa shape index (κ2) is 8.60. The van der Waals surface area contributed by atoms with Crippen molar-refractivity contribution in [2.45, 2.75) is 19.9 Å². The van der Waals surface area contributed by atoms with Crippen LogP contribution < -0.4 is 23.8 Å². The monoisotopic (exact) mass is 420 g/mol. The van der Waals surface area contributed by atoms with Crippen LogP contribution in [0, 0.1) is 6.92 Å². The minimum Gasteiger partial charge on any atom is -0.491 e. The molecule has 1 heterocycles. The lowest BCUT2D eigenvalue weighted by molar-refractivity contribution is -0.120. The maximum atomic E-state index is 12.4. The van der Waals surface area contributed by atoms with Gasteiger partial charge in [-0.25, -0.2) is 8.42 Å². The third-order valence-electron chi connectivity index (χ3n) is 4.26. The molecule has 2 aromatic carbocycles. The SMILES string of the molecule is Cc1ccc(OC[C@H](C)NC(=O)CN(c2ccc3c(c2)OCO3)S(C)(=O)=O)cc1. The molecule has 156 valence electrons. The van der Waals surface area contributed by atoms with E-state index in [1.54, 1.807) is 25.1 Å². The summed E-state index contributed by atoms with van der Waals surface area (Å²) in [6.45, 7) is 3.76. The fourth-order valence-corrected chi connectivity index (χ4v) is 3.64. The molecular formula is C20H24N2O6S. The highest BCUT2D eigenvalue weighted by Gasteiger charge is 2.24. The number of amides is 1. The van der Waals surface area contributed by atoms with Crippen LogP contribution in [0.4, 0.5) is 5.69 Å². The molecule has 0 unspecified atom stereocenters. The first-order valence-electron chi connectivity index (χ1n) is 9.08. The van der Waals surface area contributed by atoms with Gasteiger partial charge in [0.15, 0.2) is 11.5 Å². The van der Waals surface area contributed by atoms with E-state index in [4.69, 9.17) is 14.2 Å². The summed E-state index contributed by atoms with van der Waals surface area (Å²) in [7, 11) is -3.68. The molecule has 0 aliphatic carbocycles. The molecule has 29 heavy (non-hydrogen) atoms. The van der Waals surface area contributed by atoms with E-state index in [1.807, 2.05) is 31.2 Å². The number of hydrogen-bond acceptors (Lipinski definition) is 6. The Morgan fingerprint density at radius 3 is 2.55 bits per heavy atom. The normalized spacial score (nSPS) is 13.6. The molecule has 1 amide bonds. The Hall–Kier alpha value is -2.94. The lowest BCUT2D eigenvalue weighted by Crippen LogP contribution is -2.44. The molecule has 0 bridgehead atoms. The van der Waals surface area contributed by atoms with Crippen molar-refractivity contribution < 1.29 is 27.4 Å². The largest absolute Gasteiger partial charge is 0.491 e. The predicted molar refractivity (Wildman–Crippen MR) is 109 cm³/mol. The molecule has 0 spiro atoms.